The van der Waals surface area contributed by atoms with E-state index in [2.05, 4.69) is 16.0 Å². The standard InChI is InChI=1S/C32H25ClF3N3O4S/c1-43-24-13-10-20(11-14-24)16-28(39-30(41)21-6-3-2-4-7-21)31(42)37-23-8-5-9-25(18-23)44-19-29(40)38-27-15-12-22(33)17-26(27)32(34,35)36/h2-18H,19H2,1H3,(H,37,42)(H,38,40)(H,39,41)/b28-16+. The summed E-state index contributed by atoms with van der Waals surface area (Å²) in [4.78, 5) is 39.2. The van der Waals surface area contributed by atoms with Crippen LogP contribution in [0.3, 0.4) is 0 Å². The van der Waals surface area contributed by atoms with E-state index < -0.39 is 35.1 Å². The number of nitrogens with one attached hydrogen (secondary N) is 3. The highest BCUT2D eigenvalue weighted by Gasteiger charge is 2.34. The highest BCUT2D eigenvalue weighted by molar-refractivity contribution is 8.00. The van der Waals surface area contributed by atoms with Gasteiger partial charge >= 0.3 is 6.18 Å². The molecule has 3 amide bonds. The van der Waals surface area contributed by atoms with Gasteiger partial charge in [-0.2, -0.15) is 13.2 Å². The summed E-state index contributed by atoms with van der Waals surface area (Å²) in [6.07, 6.45) is -3.18. The third kappa shape index (κ3) is 9.13. The Balaban J connectivity index is 1.46. The van der Waals surface area contributed by atoms with E-state index in [1.54, 1.807) is 78.9 Å². The van der Waals surface area contributed by atoms with Crippen LogP contribution >= 0.6 is 23.4 Å². The van der Waals surface area contributed by atoms with Crippen LogP contribution in [0.15, 0.2) is 108 Å². The molecule has 0 bridgehead atoms. The van der Waals surface area contributed by atoms with Gasteiger partial charge in [-0.15, -0.1) is 11.8 Å². The Morgan fingerprint density at radius 1 is 0.886 bits per heavy atom. The van der Waals surface area contributed by atoms with Gasteiger partial charge in [0.25, 0.3) is 11.8 Å². The van der Waals surface area contributed by atoms with Crippen molar-refractivity contribution >= 4 is 58.5 Å². The van der Waals surface area contributed by atoms with Gasteiger partial charge < -0.3 is 20.7 Å². The molecule has 44 heavy (non-hydrogen) atoms. The van der Waals surface area contributed by atoms with E-state index in [0.29, 0.717) is 27.5 Å². The van der Waals surface area contributed by atoms with Gasteiger partial charge in [-0.25, -0.2) is 0 Å². The number of alkyl halides is 3. The minimum absolute atomic E-state index is 0.0233. The van der Waals surface area contributed by atoms with E-state index in [9.17, 15) is 27.6 Å². The fourth-order valence-electron chi connectivity index (χ4n) is 3.87. The number of benzene rings is 4. The molecule has 0 aliphatic rings. The number of rotatable bonds is 10. The Kier molecular flexibility index (Phi) is 10.7. The molecule has 0 atom stereocenters. The van der Waals surface area contributed by atoms with Crippen LogP contribution in [0.4, 0.5) is 24.5 Å². The number of carbonyl (C=O) groups is 3. The first-order valence-corrected chi connectivity index (χ1v) is 14.3. The quantitative estimate of drug-likeness (QED) is 0.123. The summed E-state index contributed by atoms with van der Waals surface area (Å²) in [5.74, 6) is -1.32. The maximum atomic E-state index is 13.4. The summed E-state index contributed by atoms with van der Waals surface area (Å²) in [6.45, 7) is 0. The summed E-state index contributed by atoms with van der Waals surface area (Å²) in [7, 11) is 1.53. The van der Waals surface area contributed by atoms with Crippen LogP contribution in [0.5, 0.6) is 5.75 Å². The van der Waals surface area contributed by atoms with Crippen LogP contribution in [0.25, 0.3) is 6.08 Å². The van der Waals surface area contributed by atoms with Gasteiger partial charge in [0.2, 0.25) is 5.91 Å². The zero-order chi connectivity index (χ0) is 31.7. The highest BCUT2D eigenvalue weighted by atomic mass is 35.5. The van der Waals surface area contributed by atoms with Crippen molar-refractivity contribution in [3.63, 3.8) is 0 Å². The Morgan fingerprint density at radius 3 is 2.30 bits per heavy atom. The number of hydrogen-bond donors (Lipinski definition) is 3. The van der Waals surface area contributed by atoms with Gasteiger partial charge in [0.05, 0.1) is 24.1 Å². The molecule has 4 aromatic carbocycles. The summed E-state index contributed by atoms with van der Waals surface area (Å²) in [5.41, 5.74) is -0.113. The first kappa shape index (κ1) is 32.2. The van der Waals surface area contributed by atoms with Crippen LogP contribution in [-0.2, 0) is 15.8 Å². The minimum atomic E-state index is -4.70. The maximum absolute atomic E-state index is 13.4. The molecule has 0 aliphatic carbocycles. The normalized spacial score (nSPS) is 11.4. The van der Waals surface area contributed by atoms with Gasteiger partial charge in [0.1, 0.15) is 11.4 Å². The largest absolute Gasteiger partial charge is 0.497 e. The molecular weight excluding hydrogens is 615 g/mol. The van der Waals surface area contributed by atoms with Crippen molar-refractivity contribution in [3.8, 4) is 5.75 Å². The second kappa shape index (κ2) is 14.6. The number of anilines is 2. The summed E-state index contributed by atoms with van der Waals surface area (Å²) in [5, 5.41) is 7.57. The van der Waals surface area contributed by atoms with Crippen LogP contribution in [0.2, 0.25) is 5.02 Å². The van der Waals surface area contributed by atoms with E-state index in [1.807, 2.05) is 0 Å². The van der Waals surface area contributed by atoms with E-state index in [-0.39, 0.29) is 16.5 Å². The van der Waals surface area contributed by atoms with Gasteiger partial charge in [0.15, 0.2) is 0 Å². The zero-order valence-electron chi connectivity index (χ0n) is 23.1. The van der Waals surface area contributed by atoms with E-state index in [1.165, 1.54) is 19.3 Å². The molecule has 0 aliphatic heterocycles. The molecule has 0 spiro atoms. The van der Waals surface area contributed by atoms with E-state index in [4.69, 9.17) is 16.3 Å². The van der Waals surface area contributed by atoms with Crippen molar-refractivity contribution in [3.05, 3.63) is 124 Å². The molecule has 0 unspecified atom stereocenters. The average Bonchev–Trinajstić information content (AvgIpc) is 3.01. The topological polar surface area (TPSA) is 96.5 Å². The molecule has 0 aromatic heterocycles. The second-order valence-corrected chi connectivity index (χ2v) is 10.6. The summed E-state index contributed by atoms with van der Waals surface area (Å²) < 4.78 is 45.3. The molecule has 4 aromatic rings. The minimum Gasteiger partial charge on any atom is -0.497 e. The molecule has 7 nitrogen and oxygen atoms in total. The predicted molar refractivity (Wildman–Crippen MR) is 166 cm³/mol. The molecule has 0 saturated heterocycles. The van der Waals surface area contributed by atoms with Crippen molar-refractivity contribution in [2.75, 3.05) is 23.5 Å². The lowest BCUT2D eigenvalue weighted by Crippen LogP contribution is -2.30. The lowest BCUT2D eigenvalue weighted by Gasteiger charge is -2.14. The summed E-state index contributed by atoms with van der Waals surface area (Å²) in [6, 6.07) is 24.9. The number of thioether (sulfide) groups is 1. The monoisotopic (exact) mass is 639 g/mol. The summed E-state index contributed by atoms with van der Waals surface area (Å²) >= 11 is 6.76. The van der Waals surface area contributed by atoms with Gasteiger partial charge in [-0.05, 0) is 72.3 Å². The molecule has 0 heterocycles. The fraction of sp³-hybridized carbons (Fsp3) is 0.0938. The zero-order valence-corrected chi connectivity index (χ0v) is 24.6. The van der Waals surface area contributed by atoms with Crippen molar-refractivity contribution in [1.29, 1.82) is 0 Å². The Morgan fingerprint density at radius 2 is 1.61 bits per heavy atom. The molecule has 0 radical (unpaired) electrons. The smallest absolute Gasteiger partial charge is 0.418 e. The van der Waals surface area contributed by atoms with E-state index in [0.717, 1.165) is 23.9 Å². The van der Waals surface area contributed by atoms with Crippen LogP contribution in [-0.4, -0.2) is 30.6 Å². The van der Waals surface area contributed by atoms with Crippen LogP contribution in [0.1, 0.15) is 21.5 Å². The number of methoxy groups -OCH3 is 1. The third-order valence-electron chi connectivity index (χ3n) is 5.98. The predicted octanol–water partition coefficient (Wildman–Crippen LogP) is 7.51. The number of hydrogen-bond acceptors (Lipinski definition) is 5. The highest BCUT2D eigenvalue weighted by Crippen LogP contribution is 2.36. The van der Waals surface area contributed by atoms with Crippen LogP contribution in [0, 0.1) is 0 Å². The molecule has 226 valence electrons. The third-order valence-corrected chi connectivity index (χ3v) is 7.21. The Hall–Kier alpha value is -4.74. The number of ether oxygens (including phenoxy) is 1. The van der Waals surface area contributed by atoms with Gasteiger partial charge in [-0.3, -0.25) is 14.4 Å². The van der Waals surface area contributed by atoms with Crippen molar-refractivity contribution in [2.24, 2.45) is 0 Å². The molecule has 0 fully saturated rings. The number of halogens is 4. The van der Waals surface area contributed by atoms with Crippen molar-refractivity contribution in [2.45, 2.75) is 11.1 Å². The number of carbonyl (C=O) groups excluding carboxylic acids is 3. The molecule has 0 saturated carbocycles. The molecular formula is C32H25ClF3N3O4S. The molecule has 4 rings (SSSR count). The van der Waals surface area contributed by atoms with E-state index >= 15 is 0 Å². The van der Waals surface area contributed by atoms with Gasteiger partial charge in [-0.1, -0.05) is 48.0 Å². The van der Waals surface area contributed by atoms with Crippen molar-refractivity contribution in [1.82, 2.24) is 5.32 Å². The first-order valence-electron chi connectivity index (χ1n) is 12.9. The Labute approximate surface area is 260 Å². The Bertz CT molecular complexity index is 1680. The van der Waals surface area contributed by atoms with Crippen molar-refractivity contribution < 1.29 is 32.3 Å². The lowest BCUT2D eigenvalue weighted by atomic mass is 10.1. The first-order chi connectivity index (χ1) is 21.0. The van der Waals surface area contributed by atoms with Gasteiger partial charge in [0, 0.05) is 21.2 Å². The average molecular weight is 640 g/mol. The number of amides is 3. The second-order valence-electron chi connectivity index (χ2n) is 9.16. The fourth-order valence-corrected chi connectivity index (χ4v) is 4.79. The maximum Gasteiger partial charge on any atom is 0.418 e. The van der Waals surface area contributed by atoms with Crippen LogP contribution < -0.4 is 20.7 Å². The molecule has 3 N–H and O–H groups in total. The molecule has 12 heteroatoms. The lowest BCUT2D eigenvalue weighted by molar-refractivity contribution is -0.137. The SMILES string of the molecule is COc1ccc(/C=C(/NC(=O)c2ccccc2)C(=O)Nc2cccc(SCC(=O)Nc3ccc(Cl)cc3C(F)(F)F)c2)cc1.